The Balaban J connectivity index is 2.32. The molecular weight excluding hydrogens is 258 g/mol. The first kappa shape index (κ1) is 14.0. The van der Waals surface area contributed by atoms with Crippen molar-refractivity contribution < 1.29 is 4.74 Å². The Bertz CT molecular complexity index is 513. The summed E-state index contributed by atoms with van der Waals surface area (Å²) in [7, 11) is 1.69. The molecular formula is C14H19N3OS. The van der Waals surface area contributed by atoms with Gasteiger partial charge in [-0.2, -0.15) is 0 Å². The first-order chi connectivity index (χ1) is 9.26. The Morgan fingerprint density at radius 2 is 2.26 bits per heavy atom. The zero-order valence-corrected chi connectivity index (χ0v) is 12.3. The van der Waals surface area contributed by atoms with E-state index in [0.29, 0.717) is 0 Å². The molecule has 1 unspecified atom stereocenters. The van der Waals surface area contributed by atoms with Crippen LogP contribution in [0.2, 0.25) is 0 Å². The van der Waals surface area contributed by atoms with Crippen LogP contribution in [0.15, 0.2) is 24.4 Å². The largest absolute Gasteiger partial charge is 0.497 e. The summed E-state index contributed by atoms with van der Waals surface area (Å²) in [5.41, 5.74) is 2.46. The van der Waals surface area contributed by atoms with Gasteiger partial charge in [-0.25, -0.2) is 0 Å². The summed E-state index contributed by atoms with van der Waals surface area (Å²) < 4.78 is 9.23. The fourth-order valence-electron chi connectivity index (χ4n) is 2.05. The summed E-state index contributed by atoms with van der Waals surface area (Å²) >= 11 is 1.44. The van der Waals surface area contributed by atoms with Gasteiger partial charge in [0.15, 0.2) is 0 Å². The number of nitrogens with one attached hydrogen (secondary N) is 1. The quantitative estimate of drug-likeness (QED) is 0.882. The molecule has 4 nitrogen and oxygen atoms in total. The van der Waals surface area contributed by atoms with Crippen molar-refractivity contribution >= 4 is 11.5 Å². The Kier molecular flexibility index (Phi) is 4.87. The van der Waals surface area contributed by atoms with Crippen molar-refractivity contribution in [1.82, 2.24) is 14.9 Å². The van der Waals surface area contributed by atoms with E-state index < -0.39 is 0 Å². The van der Waals surface area contributed by atoms with Crippen molar-refractivity contribution in [2.75, 3.05) is 13.7 Å². The number of aryl methyl sites for hydroxylation is 1. The van der Waals surface area contributed by atoms with E-state index in [-0.39, 0.29) is 6.04 Å². The van der Waals surface area contributed by atoms with E-state index >= 15 is 0 Å². The highest BCUT2D eigenvalue weighted by atomic mass is 32.1. The van der Waals surface area contributed by atoms with Gasteiger partial charge in [0.2, 0.25) is 0 Å². The third-order valence-corrected chi connectivity index (χ3v) is 3.78. The lowest BCUT2D eigenvalue weighted by atomic mass is 10.00. The van der Waals surface area contributed by atoms with Gasteiger partial charge in [0.25, 0.3) is 0 Å². The Labute approximate surface area is 118 Å². The lowest BCUT2D eigenvalue weighted by Crippen LogP contribution is -2.23. The predicted molar refractivity (Wildman–Crippen MR) is 77.8 cm³/mol. The summed E-state index contributed by atoms with van der Waals surface area (Å²) in [4.78, 5) is 1.14. The van der Waals surface area contributed by atoms with Gasteiger partial charge in [0.1, 0.15) is 5.75 Å². The molecule has 1 atom stereocenters. The van der Waals surface area contributed by atoms with Crippen LogP contribution in [-0.2, 0) is 0 Å². The number of hydrogen-bond acceptors (Lipinski definition) is 5. The van der Waals surface area contributed by atoms with E-state index in [4.69, 9.17) is 4.74 Å². The normalized spacial score (nSPS) is 12.4. The van der Waals surface area contributed by atoms with Gasteiger partial charge in [-0.3, -0.25) is 0 Å². The molecule has 1 aromatic heterocycles. The third-order valence-electron chi connectivity index (χ3n) is 3.05. The third kappa shape index (κ3) is 3.30. The maximum atomic E-state index is 5.26. The second-order valence-electron chi connectivity index (χ2n) is 4.43. The predicted octanol–water partition coefficient (Wildman–Crippen LogP) is 2.94. The van der Waals surface area contributed by atoms with Crippen molar-refractivity contribution in [2.24, 2.45) is 0 Å². The molecule has 0 radical (unpaired) electrons. The van der Waals surface area contributed by atoms with Gasteiger partial charge in [0, 0.05) is 0 Å². The molecule has 0 saturated carbocycles. The van der Waals surface area contributed by atoms with Gasteiger partial charge in [-0.05, 0) is 54.7 Å². The SMILES string of the molecule is CCCNC(c1cnns1)c1ccc(OC)cc1C. The van der Waals surface area contributed by atoms with Crippen LogP contribution in [0.1, 0.15) is 35.4 Å². The molecule has 0 aliphatic heterocycles. The van der Waals surface area contributed by atoms with Crippen LogP contribution >= 0.6 is 11.5 Å². The monoisotopic (exact) mass is 277 g/mol. The van der Waals surface area contributed by atoms with Crippen molar-refractivity contribution in [3.05, 3.63) is 40.4 Å². The standard InChI is InChI=1S/C14H19N3OS/c1-4-7-15-14(13-9-16-17-19-13)12-6-5-11(18-3)8-10(12)2/h5-6,8-9,14-15H,4,7H2,1-3H3. The second-order valence-corrected chi connectivity index (χ2v) is 5.25. The van der Waals surface area contributed by atoms with Gasteiger partial charge in [0.05, 0.1) is 24.2 Å². The molecule has 0 aliphatic rings. The molecule has 0 saturated heterocycles. The highest BCUT2D eigenvalue weighted by Gasteiger charge is 2.17. The lowest BCUT2D eigenvalue weighted by molar-refractivity contribution is 0.414. The van der Waals surface area contributed by atoms with E-state index in [1.54, 1.807) is 7.11 Å². The molecule has 0 spiro atoms. The van der Waals surface area contributed by atoms with Crippen LogP contribution in [0.3, 0.4) is 0 Å². The summed E-state index contributed by atoms with van der Waals surface area (Å²) in [6.07, 6.45) is 2.93. The van der Waals surface area contributed by atoms with E-state index in [1.807, 2.05) is 12.3 Å². The molecule has 19 heavy (non-hydrogen) atoms. The summed E-state index contributed by atoms with van der Waals surface area (Å²) in [5, 5.41) is 7.50. The fourth-order valence-corrected chi connectivity index (χ4v) is 2.65. The smallest absolute Gasteiger partial charge is 0.119 e. The van der Waals surface area contributed by atoms with Crippen molar-refractivity contribution in [1.29, 1.82) is 0 Å². The lowest BCUT2D eigenvalue weighted by Gasteiger charge is -2.19. The first-order valence-electron chi connectivity index (χ1n) is 6.41. The highest BCUT2D eigenvalue weighted by molar-refractivity contribution is 7.05. The number of aromatic nitrogens is 2. The van der Waals surface area contributed by atoms with E-state index in [2.05, 4.69) is 40.9 Å². The minimum Gasteiger partial charge on any atom is -0.497 e. The summed E-state index contributed by atoms with van der Waals surface area (Å²) in [6.45, 7) is 5.23. The van der Waals surface area contributed by atoms with E-state index in [9.17, 15) is 0 Å². The topological polar surface area (TPSA) is 47.0 Å². The average Bonchev–Trinajstić information content (AvgIpc) is 2.94. The maximum Gasteiger partial charge on any atom is 0.119 e. The molecule has 2 rings (SSSR count). The van der Waals surface area contributed by atoms with E-state index in [0.717, 1.165) is 23.6 Å². The van der Waals surface area contributed by atoms with Gasteiger partial charge >= 0.3 is 0 Å². The second kappa shape index (κ2) is 6.63. The number of nitrogens with zero attached hydrogens (tertiary/aromatic N) is 2. The van der Waals surface area contributed by atoms with Crippen LogP contribution < -0.4 is 10.1 Å². The Morgan fingerprint density at radius 3 is 2.84 bits per heavy atom. The molecule has 5 heteroatoms. The Morgan fingerprint density at radius 1 is 1.42 bits per heavy atom. The molecule has 2 aromatic rings. The fraction of sp³-hybridized carbons (Fsp3) is 0.429. The number of methoxy groups -OCH3 is 1. The van der Waals surface area contributed by atoms with Crippen LogP contribution in [0, 0.1) is 6.92 Å². The zero-order valence-electron chi connectivity index (χ0n) is 11.5. The van der Waals surface area contributed by atoms with Crippen LogP contribution in [0.4, 0.5) is 0 Å². The highest BCUT2D eigenvalue weighted by Crippen LogP contribution is 2.28. The minimum atomic E-state index is 0.158. The number of hydrogen-bond donors (Lipinski definition) is 1. The van der Waals surface area contributed by atoms with Gasteiger partial charge in [-0.1, -0.05) is 17.5 Å². The van der Waals surface area contributed by atoms with Crippen LogP contribution in [-0.4, -0.2) is 23.2 Å². The first-order valence-corrected chi connectivity index (χ1v) is 7.18. The van der Waals surface area contributed by atoms with Gasteiger partial charge < -0.3 is 10.1 Å². The van der Waals surface area contributed by atoms with Crippen molar-refractivity contribution in [3.8, 4) is 5.75 Å². The molecule has 1 aromatic carbocycles. The van der Waals surface area contributed by atoms with Crippen LogP contribution in [0.5, 0.6) is 5.75 Å². The molecule has 1 heterocycles. The molecule has 1 N–H and O–H groups in total. The summed E-state index contributed by atoms with van der Waals surface area (Å²) in [5.74, 6) is 0.887. The summed E-state index contributed by atoms with van der Waals surface area (Å²) in [6, 6.07) is 6.33. The molecule has 0 bridgehead atoms. The van der Waals surface area contributed by atoms with E-state index in [1.165, 1.54) is 22.7 Å². The molecule has 0 aliphatic carbocycles. The number of ether oxygens (including phenoxy) is 1. The van der Waals surface area contributed by atoms with Gasteiger partial charge in [-0.15, -0.1) is 5.10 Å². The number of benzene rings is 1. The molecule has 0 fully saturated rings. The maximum absolute atomic E-state index is 5.26. The van der Waals surface area contributed by atoms with Crippen LogP contribution in [0.25, 0.3) is 0 Å². The van der Waals surface area contributed by atoms with Crippen molar-refractivity contribution in [3.63, 3.8) is 0 Å². The molecule has 0 amide bonds. The number of rotatable bonds is 6. The Hall–Kier alpha value is -1.46. The van der Waals surface area contributed by atoms with Crippen molar-refractivity contribution in [2.45, 2.75) is 26.3 Å². The average molecular weight is 277 g/mol. The molecule has 102 valence electrons. The minimum absolute atomic E-state index is 0.158. The zero-order chi connectivity index (χ0) is 13.7.